The molecule has 0 aliphatic rings. The highest BCUT2D eigenvalue weighted by Gasteiger charge is 2.36. The number of alkyl halides is 6. The van der Waals surface area contributed by atoms with Crippen LogP contribution in [0.15, 0.2) is 45.4 Å². The van der Waals surface area contributed by atoms with Gasteiger partial charge in [-0.3, -0.25) is 0 Å². The Morgan fingerprint density at radius 1 is 1.06 bits per heavy atom. The van der Waals surface area contributed by atoms with Gasteiger partial charge in [0.2, 0.25) is 5.89 Å². The van der Waals surface area contributed by atoms with Crippen LogP contribution in [0.5, 0.6) is 0 Å². The van der Waals surface area contributed by atoms with Crippen LogP contribution in [0, 0.1) is 6.57 Å². The first kappa shape index (κ1) is 22.5. The van der Waals surface area contributed by atoms with E-state index in [0.29, 0.717) is 15.6 Å². The molecule has 2 heterocycles. The van der Waals surface area contributed by atoms with Crippen LogP contribution < -0.4 is 4.90 Å². The molecule has 0 aliphatic carbocycles. The van der Waals surface area contributed by atoms with Gasteiger partial charge in [-0.2, -0.15) is 26.3 Å². The molecule has 2 aromatic heterocycles. The molecule has 0 saturated heterocycles. The topological polar surface area (TPSA) is 59.4 Å². The first-order valence-electron chi connectivity index (χ1n) is 8.32. The molecular formula is C18H10BrF6N5O. The Hall–Kier alpha value is -3.14. The highest BCUT2D eigenvalue weighted by Crippen LogP contribution is 2.39. The largest absolute Gasteiger partial charge is 0.417 e. The molecule has 0 spiro atoms. The minimum absolute atomic E-state index is 0.0670. The summed E-state index contributed by atoms with van der Waals surface area (Å²) in [5, 5.41) is 7.40. The number of halogens is 7. The van der Waals surface area contributed by atoms with Crippen molar-refractivity contribution in [1.82, 2.24) is 15.2 Å². The molecule has 6 nitrogen and oxygen atoms in total. The summed E-state index contributed by atoms with van der Waals surface area (Å²) in [4.78, 5) is 7.47. The lowest BCUT2D eigenvalue weighted by molar-refractivity contribution is -0.136. The van der Waals surface area contributed by atoms with Gasteiger partial charge in [-0.25, -0.2) is 9.83 Å². The van der Waals surface area contributed by atoms with Crippen LogP contribution in [0.1, 0.15) is 11.5 Å². The van der Waals surface area contributed by atoms with Crippen LogP contribution in [0.4, 0.5) is 37.7 Å². The molecule has 13 heteroatoms. The van der Waals surface area contributed by atoms with Crippen molar-refractivity contribution in [3.63, 3.8) is 0 Å². The molecule has 0 bridgehead atoms. The average Bonchev–Trinajstić information content (AvgIpc) is 3.14. The van der Waals surface area contributed by atoms with E-state index in [0.717, 1.165) is 12.1 Å². The minimum Gasteiger partial charge on any atom is -0.417 e. The number of benzene rings is 1. The maximum absolute atomic E-state index is 13.2. The molecule has 1 aromatic carbocycles. The Balaban J connectivity index is 1.95. The van der Waals surface area contributed by atoms with Crippen molar-refractivity contribution in [3.8, 4) is 11.6 Å². The van der Waals surface area contributed by atoms with Crippen LogP contribution in [0.2, 0.25) is 0 Å². The zero-order valence-corrected chi connectivity index (χ0v) is 16.8. The van der Waals surface area contributed by atoms with Crippen molar-refractivity contribution in [1.29, 1.82) is 0 Å². The fourth-order valence-corrected chi connectivity index (χ4v) is 2.96. The van der Waals surface area contributed by atoms with E-state index in [1.165, 1.54) is 6.07 Å². The highest BCUT2D eigenvalue weighted by molar-refractivity contribution is 9.10. The molecule has 3 rings (SSSR count). The van der Waals surface area contributed by atoms with E-state index in [1.807, 2.05) is 0 Å². The summed E-state index contributed by atoms with van der Waals surface area (Å²) in [5.41, 5.74) is -2.20. The van der Waals surface area contributed by atoms with Crippen molar-refractivity contribution >= 4 is 27.3 Å². The third-order valence-electron chi connectivity index (χ3n) is 3.87. The Labute approximate surface area is 179 Å². The lowest BCUT2D eigenvalue weighted by Gasteiger charge is -2.25. The Morgan fingerprint density at radius 3 is 2.42 bits per heavy atom. The van der Waals surface area contributed by atoms with Gasteiger partial charge >= 0.3 is 12.4 Å². The third-order valence-corrected chi connectivity index (χ3v) is 4.31. The molecule has 0 radical (unpaired) electrons. The van der Waals surface area contributed by atoms with Crippen LogP contribution in [-0.2, 0) is 12.7 Å². The quantitative estimate of drug-likeness (QED) is 0.240. The molecule has 0 saturated carbocycles. The van der Waals surface area contributed by atoms with E-state index in [2.05, 4.69) is 36.0 Å². The summed E-state index contributed by atoms with van der Waals surface area (Å²) in [6.07, 6.45) is -9.64. The van der Waals surface area contributed by atoms with Gasteiger partial charge in [0, 0.05) is 5.69 Å². The van der Waals surface area contributed by atoms with Gasteiger partial charge in [0.25, 0.3) is 5.89 Å². The molecule has 0 fully saturated rings. The van der Waals surface area contributed by atoms with E-state index in [-0.39, 0.29) is 17.5 Å². The summed E-state index contributed by atoms with van der Waals surface area (Å²) in [5.74, 6) is -0.327. The summed E-state index contributed by atoms with van der Waals surface area (Å²) in [7, 11) is 0. The van der Waals surface area contributed by atoms with Crippen molar-refractivity contribution in [2.24, 2.45) is 0 Å². The number of nitrogens with zero attached hydrogens (tertiary/aromatic N) is 5. The predicted molar refractivity (Wildman–Crippen MR) is 100 cm³/mol. The number of hydrogen-bond acceptors (Lipinski definition) is 5. The second-order valence-corrected chi connectivity index (χ2v) is 6.94. The number of anilines is 1. The summed E-state index contributed by atoms with van der Waals surface area (Å²) in [6, 6.07) is 7.11. The van der Waals surface area contributed by atoms with Crippen molar-refractivity contribution in [2.75, 3.05) is 11.4 Å². The van der Waals surface area contributed by atoms with Gasteiger partial charge in [-0.1, -0.05) is 12.1 Å². The monoisotopic (exact) mass is 505 g/mol. The smallest absolute Gasteiger partial charge is 0.407 e. The summed E-state index contributed by atoms with van der Waals surface area (Å²) < 4.78 is 84.8. The van der Waals surface area contributed by atoms with Gasteiger partial charge in [0.15, 0.2) is 5.69 Å². The van der Waals surface area contributed by atoms with E-state index in [1.54, 1.807) is 12.1 Å². The Morgan fingerprint density at radius 2 is 1.81 bits per heavy atom. The van der Waals surface area contributed by atoms with E-state index in [4.69, 9.17) is 11.0 Å². The molecular weight excluding hydrogens is 496 g/mol. The number of aromatic nitrogens is 3. The summed E-state index contributed by atoms with van der Waals surface area (Å²) in [6.45, 7) is 4.66. The van der Waals surface area contributed by atoms with Gasteiger partial charge in [-0.05, 0) is 40.2 Å². The van der Waals surface area contributed by atoms with Gasteiger partial charge in [0.1, 0.15) is 16.8 Å². The fourth-order valence-electron chi connectivity index (χ4n) is 2.61. The standard InChI is InChI=1S/C18H10BrF6N5O/c1-26-12-6-5-10(7-11(12)18(23,24)25)30(9-17(20,21)22)8-15-28-29-16(31-15)13-3-2-4-14(19)27-13/h2-7H,8-9H2. The normalized spacial score (nSPS) is 11.9. The van der Waals surface area contributed by atoms with Crippen LogP contribution >= 0.6 is 15.9 Å². The number of pyridine rings is 1. The van der Waals surface area contributed by atoms with Gasteiger partial charge in [0.05, 0.1) is 18.7 Å². The average molecular weight is 506 g/mol. The van der Waals surface area contributed by atoms with E-state index < -0.39 is 42.4 Å². The summed E-state index contributed by atoms with van der Waals surface area (Å²) >= 11 is 3.16. The SMILES string of the molecule is [C-]#[N+]c1ccc(N(Cc2nnc(-c3cccc(Br)n3)o2)CC(F)(F)F)cc1C(F)(F)F. The second-order valence-electron chi connectivity index (χ2n) is 6.13. The number of rotatable bonds is 5. The van der Waals surface area contributed by atoms with Gasteiger partial charge in [-0.15, -0.1) is 10.2 Å². The van der Waals surface area contributed by atoms with Crippen molar-refractivity contribution in [3.05, 3.63) is 63.9 Å². The first-order chi connectivity index (χ1) is 14.5. The maximum atomic E-state index is 13.2. The molecule has 0 N–H and O–H groups in total. The molecule has 162 valence electrons. The molecule has 0 aliphatic heterocycles. The number of hydrogen-bond donors (Lipinski definition) is 0. The lowest BCUT2D eigenvalue weighted by Crippen LogP contribution is -2.34. The molecule has 3 aromatic rings. The van der Waals surface area contributed by atoms with E-state index >= 15 is 0 Å². The Bertz CT molecular complexity index is 1120. The molecule has 0 amide bonds. The Kier molecular flexibility index (Phi) is 6.21. The zero-order valence-electron chi connectivity index (χ0n) is 15.2. The van der Waals surface area contributed by atoms with Gasteiger partial charge < -0.3 is 9.32 Å². The maximum Gasteiger partial charge on any atom is 0.407 e. The highest BCUT2D eigenvalue weighted by atomic mass is 79.9. The van der Waals surface area contributed by atoms with Crippen LogP contribution in [0.25, 0.3) is 16.4 Å². The lowest BCUT2D eigenvalue weighted by atomic mass is 10.1. The van der Waals surface area contributed by atoms with Crippen molar-refractivity contribution < 1.29 is 30.8 Å². The molecule has 31 heavy (non-hydrogen) atoms. The van der Waals surface area contributed by atoms with E-state index in [9.17, 15) is 26.3 Å². The van der Waals surface area contributed by atoms with Crippen LogP contribution in [-0.4, -0.2) is 27.9 Å². The molecule has 0 atom stereocenters. The zero-order chi connectivity index (χ0) is 22.8. The minimum atomic E-state index is -4.91. The molecule has 0 unspecified atom stereocenters. The fraction of sp³-hybridized carbons (Fsp3) is 0.222. The van der Waals surface area contributed by atoms with Crippen LogP contribution in [0.3, 0.4) is 0 Å². The predicted octanol–water partition coefficient (Wildman–Crippen LogP) is 6.03. The third kappa shape index (κ3) is 5.72. The second kappa shape index (κ2) is 8.54. The van der Waals surface area contributed by atoms with Crippen molar-refractivity contribution in [2.45, 2.75) is 18.9 Å². The first-order valence-corrected chi connectivity index (χ1v) is 9.11.